The summed E-state index contributed by atoms with van der Waals surface area (Å²) in [4.78, 5) is 27.5. The smallest absolute Gasteiger partial charge is 0.265 e. The lowest BCUT2D eigenvalue weighted by atomic mass is 10.1. The number of likely N-dealkylation sites (N-methyl/N-ethyl adjacent to an activating group) is 2. The molecular weight excluding hydrogens is 420 g/mol. The van der Waals surface area contributed by atoms with Crippen molar-refractivity contribution in [1.82, 2.24) is 9.80 Å². The first-order chi connectivity index (χ1) is 12.3. The van der Waals surface area contributed by atoms with Crippen LogP contribution in [-0.2, 0) is 9.59 Å². The second-order valence-corrected chi connectivity index (χ2v) is 6.64. The molecule has 0 unspecified atom stereocenters. The van der Waals surface area contributed by atoms with Crippen LogP contribution in [-0.4, -0.2) is 54.0 Å². The van der Waals surface area contributed by atoms with E-state index in [-0.39, 0.29) is 10.7 Å². The Bertz CT molecular complexity index is 781. The molecule has 1 aliphatic heterocycles. The molecule has 1 aromatic rings. The highest BCUT2D eigenvalue weighted by Crippen LogP contribution is 2.35. The van der Waals surface area contributed by atoms with Crippen molar-refractivity contribution in [1.29, 1.82) is 0 Å². The fourth-order valence-electron chi connectivity index (χ4n) is 2.32. The molecule has 0 spiro atoms. The molecule has 2 rings (SSSR count). The van der Waals surface area contributed by atoms with Crippen LogP contribution in [0.3, 0.4) is 0 Å². The molecule has 1 aromatic carbocycles. The Morgan fingerprint density at radius 3 is 2.27 bits per heavy atom. The molecule has 0 bridgehead atoms. The summed E-state index contributed by atoms with van der Waals surface area (Å²) < 4.78 is 11.9. The zero-order chi connectivity index (χ0) is 19.4. The minimum atomic E-state index is -0.449. The van der Waals surface area contributed by atoms with E-state index in [9.17, 15) is 9.59 Å². The fourth-order valence-corrected chi connectivity index (χ4v) is 2.92. The van der Waals surface area contributed by atoms with Crippen molar-refractivity contribution in [3.8, 4) is 11.5 Å². The predicted octanol–water partition coefficient (Wildman–Crippen LogP) is 3.01. The van der Waals surface area contributed by atoms with E-state index in [4.69, 9.17) is 21.7 Å². The lowest BCUT2D eigenvalue weighted by Crippen LogP contribution is -2.52. The second kappa shape index (κ2) is 8.46. The standard InChI is InChI=1S/C18H19BrN2O4S/c1-5-7-25-15-10-13(19)11(9-14(15)24-6-2)8-12-16(22)20(3)18(26)21(4)17(12)23/h5,8-10H,1,6-7H2,2-4H3. The number of carbonyl (C=O) groups excluding carboxylic acids is 2. The molecule has 2 amide bonds. The molecule has 138 valence electrons. The normalized spacial score (nSPS) is 14.6. The summed E-state index contributed by atoms with van der Waals surface area (Å²) in [5, 5.41) is 0.166. The molecule has 0 atom stereocenters. The number of rotatable bonds is 6. The molecule has 0 aromatic heterocycles. The van der Waals surface area contributed by atoms with Gasteiger partial charge in [0, 0.05) is 18.6 Å². The fraction of sp³-hybridized carbons (Fsp3) is 0.278. The highest BCUT2D eigenvalue weighted by atomic mass is 79.9. The molecular formula is C18H19BrN2O4S. The molecule has 6 nitrogen and oxygen atoms in total. The van der Waals surface area contributed by atoms with E-state index < -0.39 is 11.8 Å². The van der Waals surface area contributed by atoms with E-state index >= 15 is 0 Å². The number of benzene rings is 1. The van der Waals surface area contributed by atoms with Crippen LogP contribution in [0.2, 0.25) is 0 Å². The third-order valence-electron chi connectivity index (χ3n) is 3.66. The van der Waals surface area contributed by atoms with Crippen molar-refractivity contribution in [2.45, 2.75) is 6.92 Å². The van der Waals surface area contributed by atoms with E-state index in [2.05, 4.69) is 22.5 Å². The zero-order valence-corrected chi connectivity index (χ0v) is 17.1. The molecule has 1 fully saturated rings. The second-order valence-electron chi connectivity index (χ2n) is 5.42. The topological polar surface area (TPSA) is 59.1 Å². The van der Waals surface area contributed by atoms with Crippen LogP contribution in [0.1, 0.15) is 12.5 Å². The van der Waals surface area contributed by atoms with Gasteiger partial charge < -0.3 is 9.47 Å². The van der Waals surface area contributed by atoms with Gasteiger partial charge in [0.15, 0.2) is 16.6 Å². The van der Waals surface area contributed by atoms with Gasteiger partial charge in [0.1, 0.15) is 12.2 Å². The van der Waals surface area contributed by atoms with Gasteiger partial charge in [0.25, 0.3) is 11.8 Å². The van der Waals surface area contributed by atoms with Crippen LogP contribution in [0.5, 0.6) is 11.5 Å². The van der Waals surface area contributed by atoms with Crippen LogP contribution >= 0.6 is 28.1 Å². The van der Waals surface area contributed by atoms with E-state index in [0.29, 0.717) is 34.7 Å². The number of halogens is 1. The summed E-state index contributed by atoms with van der Waals surface area (Å²) in [6, 6.07) is 3.45. The van der Waals surface area contributed by atoms with Crippen LogP contribution in [0.25, 0.3) is 6.08 Å². The number of hydrogen-bond donors (Lipinski definition) is 0. The largest absolute Gasteiger partial charge is 0.490 e. The highest BCUT2D eigenvalue weighted by molar-refractivity contribution is 9.10. The van der Waals surface area contributed by atoms with Gasteiger partial charge in [0.05, 0.1) is 6.61 Å². The van der Waals surface area contributed by atoms with Crippen LogP contribution in [0.4, 0.5) is 0 Å². The quantitative estimate of drug-likeness (QED) is 0.295. The summed E-state index contributed by atoms with van der Waals surface area (Å²) in [5.41, 5.74) is 0.636. The van der Waals surface area contributed by atoms with E-state index in [1.54, 1.807) is 18.2 Å². The summed E-state index contributed by atoms with van der Waals surface area (Å²) in [7, 11) is 3.07. The molecule has 1 aliphatic rings. The van der Waals surface area contributed by atoms with Gasteiger partial charge in [-0.1, -0.05) is 28.6 Å². The number of thiocarbonyl (C=S) groups is 1. The summed E-state index contributed by atoms with van der Waals surface area (Å²) in [6.45, 7) is 6.26. The van der Waals surface area contributed by atoms with Crippen LogP contribution in [0, 0.1) is 0 Å². The van der Waals surface area contributed by atoms with E-state index in [1.807, 2.05) is 6.92 Å². The van der Waals surface area contributed by atoms with Crippen LogP contribution < -0.4 is 9.47 Å². The van der Waals surface area contributed by atoms with Gasteiger partial charge in [-0.15, -0.1) is 0 Å². The maximum Gasteiger partial charge on any atom is 0.265 e. The number of amides is 2. The molecule has 0 saturated carbocycles. The average molecular weight is 439 g/mol. The van der Waals surface area contributed by atoms with Crippen molar-refractivity contribution in [3.63, 3.8) is 0 Å². The number of nitrogens with zero attached hydrogens (tertiary/aromatic N) is 2. The summed E-state index contributed by atoms with van der Waals surface area (Å²) >= 11 is 8.54. The monoisotopic (exact) mass is 438 g/mol. The third kappa shape index (κ3) is 3.96. The molecule has 1 saturated heterocycles. The first-order valence-corrected chi connectivity index (χ1v) is 9.03. The van der Waals surface area contributed by atoms with Gasteiger partial charge in [-0.3, -0.25) is 19.4 Å². The Labute approximate surface area is 166 Å². The predicted molar refractivity (Wildman–Crippen MR) is 107 cm³/mol. The molecule has 0 radical (unpaired) electrons. The van der Waals surface area contributed by atoms with Gasteiger partial charge in [0.2, 0.25) is 0 Å². The Hall–Kier alpha value is -2.19. The zero-order valence-electron chi connectivity index (χ0n) is 14.7. The van der Waals surface area contributed by atoms with Gasteiger partial charge in [-0.2, -0.15) is 0 Å². The maximum absolute atomic E-state index is 12.5. The van der Waals surface area contributed by atoms with Crippen molar-refractivity contribution in [2.75, 3.05) is 27.3 Å². The Balaban J connectivity index is 2.50. The number of hydrogen-bond acceptors (Lipinski definition) is 5. The average Bonchev–Trinajstić information content (AvgIpc) is 2.63. The minimum Gasteiger partial charge on any atom is -0.490 e. The minimum absolute atomic E-state index is 0.0199. The lowest BCUT2D eigenvalue weighted by molar-refractivity contribution is -0.132. The molecule has 0 aliphatic carbocycles. The summed E-state index contributed by atoms with van der Waals surface area (Å²) in [6.07, 6.45) is 3.15. The maximum atomic E-state index is 12.5. The van der Waals surface area contributed by atoms with Crippen molar-refractivity contribution >= 4 is 51.2 Å². The van der Waals surface area contributed by atoms with Gasteiger partial charge in [-0.05, 0) is 42.9 Å². The van der Waals surface area contributed by atoms with E-state index in [1.165, 1.54) is 30.0 Å². The van der Waals surface area contributed by atoms with Crippen molar-refractivity contribution < 1.29 is 19.1 Å². The first-order valence-electron chi connectivity index (χ1n) is 7.83. The Morgan fingerprint density at radius 2 is 1.73 bits per heavy atom. The molecule has 0 N–H and O–H groups in total. The SMILES string of the molecule is C=CCOc1cc(Br)c(C=C2C(=O)N(C)C(=S)N(C)C2=O)cc1OCC. The Kier molecular flexibility index (Phi) is 6.55. The lowest BCUT2D eigenvalue weighted by Gasteiger charge is -2.31. The van der Waals surface area contributed by atoms with Gasteiger partial charge >= 0.3 is 0 Å². The molecule has 1 heterocycles. The van der Waals surface area contributed by atoms with Crippen molar-refractivity contribution in [3.05, 3.63) is 40.4 Å². The molecule has 26 heavy (non-hydrogen) atoms. The first kappa shape index (κ1) is 20.1. The Morgan fingerprint density at radius 1 is 1.15 bits per heavy atom. The number of ether oxygens (including phenoxy) is 2. The van der Waals surface area contributed by atoms with Crippen LogP contribution in [0.15, 0.2) is 34.8 Å². The molecule has 8 heteroatoms. The van der Waals surface area contributed by atoms with Gasteiger partial charge in [-0.25, -0.2) is 0 Å². The summed E-state index contributed by atoms with van der Waals surface area (Å²) in [5.74, 6) is 0.153. The third-order valence-corrected chi connectivity index (χ3v) is 4.90. The van der Waals surface area contributed by atoms with Crippen molar-refractivity contribution in [2.24, 2.45) is 0 Å². The highest BCUT2D eigenvalue weighted by Gasteiger charge is 2.35. The van der Waals surface area contributed by atoms with E-state index in [0.717, 1.165) is 0 Å². The number of carbonyl (C=O) groups is 2.